The summed E-state index contributed by atoms with van der Waals surface area (Å²) in [6.07, 6.45) is -3.83. The summed E-state index contributed by atoms with van der Waals surface area (Å²) in [7, 11) is 0. The number of rotatable bonds is 7. The molecule has 1 atom stereocenters. The summed E-state index contributed by atoms with van der Waals surface area (Å²) in [5.41, 5.74) is 6.16. The smallest absolute Gasteiger partial charge is 0.362 e. The fourth-order valence-electron chi connectivity index (χ4n) is 2.97. The van der Waals surface area contributed by atoms with E-state index in [9.17, 15) is 18.0 Å². The molecular weight excluding hydrogens is 357 g/mol. The Morgan fingerprint density at radius 2 is 1.74 bits per heavy atom. The Balaban J connectivity index is 1.82. The molecular formula is C20H25F3N2O2. The van der Waals surface area contributed by atoms with Gasteiger partial charge in [0.2, 0.25) is 0 Å². The number of H-pyrrole nitrogens is 1. The van der Waals surface area contributed by atoms with Gasteiger partial charge in [-0.1, -0.05) is 19.1 Å². The molecule has 1 unspecified atom stereocenters. The minimum atomic E-state index is -4.32. The first-order valence-corrected chi connectivity index (χ1v) is 8.82. The average Bonchev–Trinajstić information content (AvgIpc) is 2.59. The number of aromatic nitrogens is 1. The van der Waals surface area contributed by atoms with E-state index in [0.717, 1.165) is 34.6 Å². The number of pyridine rings is 1. The molecule has 7 heteroatoms. The summed E-state index contributed by atoms with van der Waals surface area (Å²) in [6.45, 7) is 8.28. The lowest BCUT2D eigenvalue weighted by Gasteiger charge is -2.16. The topological polar surface area (TPSA) is 54.1 Å². The molecule has 1 aromatic heterocycles. The van der Waals surface area contributed by atoms with Crippen LogP contribution in [0, 0.1) is 20.8 Å². The van der Waals surface area contributed by atoms with Gasteiger partial charge < -0.3 is 9.82 Å². The maximum absolute atomic E-state index is 12.5. The van der Waals surface area contributed by atoms with Crippen molar-refractivity contribution in [2.24, 2.45) is 0 Å². The average molecular weight is 382 g/mol. The van der Waals surface area contributed by atoms with Gasteiger partial charge in [0.15, 0.2) is 5.43 Å². The Bertz CT molecular complexity index is 827. The van der Waals surface area contributed by atoms with E-state index in [2.05, 4.69) is 10.5 Å². The zero-order chi connectivity index (χ0) is 20.2. The van der Waals surface area contributed by atoms with Gasteiger partial charge in [-0.2, -0.15) is 13.2 Å². The summed E-state index contributed by atoms with van der Waals surface area (Å²) in [5.74, 6) is -0.0425. The molecule has 2 aromatic rings. The van der Waals surface area contributed by atoms with Crippen molar-refractivity contribution in [3.05, 3.63) is 68.1 Å². The fraction of sp³-hybridized carbons (Fsp3) is 0.450. The molecule has 1 aromatic carbocycles. The number of hydrogen-bond donors (Lipinski definition) is 2. The highest BCUT2D eigenvalue weighted by atomic mass is 19.4. The van der Waals surface area contributed by atoms with Crippen LogP contribution in [-0.4, -0.2) is 18.1 Å². The van der Waals surface area contributed by atoms with Crippen molar-refractivity contribution < 1.29 is 18.0 Å². The Hall–Kier alpha value is -2.12. The van der Waals surface area contributed by atoms with Crippen LogP contribution in [0.15, 0.2) is 29.1 Å². The van der Waals surface area contributed by atoms with Crippen molar-refractivity contribution in [3.8, 4) is 0 Å². The van der Waals surface area contributed by atoms with Crippen molar-refractivity contribution in [1.29, 1.82) is 0 Å². The van der Waals surface area contributed by atoms with Gasteiger partial charge in [-0.3, -0.25) is 4.79 Å². The summed E-state index contributed by atoms with van der Waals surface area (Å²) in [4.78, 5) is 21.0. The van der Waals surface area contributed by atoms with Gasteiger partial charge in [-0.25, -0.2) is 5.48 Å². The zero-order valence-electron chi connectivity index (χ0n) is 16.0. The highest BCUT2D eigenvalue weighted by Crippen LogP contribution is 2.29. The SMILES string of the molecule is Cc1[nH]c(C)c(C(C)CNOCCc2ccc(C(F)(F)F)cc2)c(=O)c1C. The molecule has 0 bridgehead atoms. The van der Waals surface area contributed by atoms with Gasteiger partial charge in [0.05, 0.1) is 12.2 Å². The van der Waals surface area contributed by atoms with E-state index in [4.69, 9.17) is 4.84 Å². The molecule has 27 heavy (non-hydrogen) atoms. The third-order valence-corrected chi connectivity index (χ3v) is 4.69. The molecule has 4 nitrogen and oxygen atoms in total. The number of alkyl halides is 3. The van der Waals surface area contributed by atoms with E-state index >= 15 is 0 Å². The highest BCUT2D eigenvalue weighted by molar-refractivity contribution is 5.31. The first kappa shape index (κ1) is 21.2. The van der Waals surface area contributed by atoms with Gasteiger partial charge in [-0.05, 0) is 44.9 Å². The van der Waals surface area contributed by atoms with Gasteiger partial charge in [0.1, 0.15) is 0 Å². The number of aromatic amines is 1. The van der Waals surface area contributed by atoms with Crippen LogP contribution >= 0.6 is 0 Å². The lowest BCUT2D eigenvalue weighted by molar-refractivity contribution is -0.137. The molecule has 0 amide bonds. The second kappa shape index (κ2) is 8.71. The molecule has 0 spiro atoms. The lowest BCUT2D eigenvalue weighted by Crippen LogP contribution is -2.27. The number of hydroxylamine groups is 1. The first-order valence-electron chi connectivity index (χ1n) is 8.82. The molecule has 2 N–H and O–H groups in total. The minimum absolute atomic E-state index is 0.0425. The van der Waals surface area contributed by atoms with Crippen LogP contribution in [0.25, 0.3) is 0 Å². The Kier molecular flexibility index (Phi) is 6.84. The predicted molar refractivity (Wildman–Crippen MR) is 98.8 cm³/mol. The van der Waals surface area contributed by atoms with Gasteiger partial charge in [-0.15, -0.1) is 0 Å². The largest absolute Gasteiger partial charge is 0.416 e. The van der Waals surface area contributed by atoms with Crippen molar-refractivity contribution in [3.63, 3.8) is 0 Å². The Labute approximate surface area is 156 Å². The van der Waals surface area contributed by atoms with E-state index in [0.29, 0.717) is 25.1 Å². The van der Waals surface area contributed by atoms with E-state index in [1.54, 1.807) is 6.92 Å². The number of nitrogens with one attached hydrogen (secondary N) is 2. The summed E-state index contributed by atoms with van der Waals surface area (Å²) < 4.78 is 37.6. The quantitative estimate of drug-likeness (QED) is 0.558. The van der Waals surface area contributed by atoms with E-state index in [1.165, 1.54) is 12.1 Å². The van der Waals surface area contributed by atoms with Crippen LogP contribution in [0.2, 0.25) is 0 Å². The summed E-state index contributed by atoms with van der Waals surface area (Å²) >= 11 is 0. The van der Waals surface area contributed by atoms with Gasteiger partial charge in [0.25, 0.3) is 0 Å². The normalized spacial score (nSPS) is 13.0. The fourth-order valence-corrected chi connectivity index (χ4v) is 2.97. The minimum Gasteiger partial charge on any atom is -0.362 e. The first-order chi connectivity index (χ1) is 12.6. The molecule has 0 aliphatic rings. The zero-order valence-corrected chi connectivity index (χ0v) is 16.0. The second-order valence-electron chi connectivity index (χ2n) is 6.79. The van der Waals surface area contributed by atoms with Crippen molar-refractivity contribution >= 4 is 0 Å². The van der Waals surface area contributed by atoms with Crippen molar-refractivity contribution in [2.45, 2.75) is 46.2 Å². The molecule has 0 fully saturated rings. The summed E-state index contributed by atoms with van der Waals surface area (Å²) in [5, 5.41) is 0. The maximum Gasteiger partial charge on any atom is 0.416 e. The summed E-state index contributed by atoms with van der Waals surface area (Å²) in [6, 6.07) is 5.04. The highest BCUT2D eigenvalue weighted by Gasteiger charge is 2.29. The van der Waals surface area contributed by atoms with E-state index in [-0.39, 0.29) is 11.3 Å². The molecule has 148 valence electrons. The number of hydrogen-bond acceptors (Lipinski definition) is 3. The molecule has 0 saturated heterocycles. The van der Waals surface area contributed by atoms with Gasteiger partial charge >= 0.3 is 6.18 Å². The molecule has 0 radical (unpaired) electrons. The third-order valence-electron chi connectivity index (χ3n) is 4.69. The van der Waals surface area contributed by atoms with E-state index < -0.39 is 11.7 Å². The Morgan fingerprint density at radius 3 is 2.33 bits per heavy atom. The Morgan fingerprint density at radius 1 is 1.11 bits per heavy atom. The van der Waals surface area contributed by atoms with Crippen LogP contribution in [0.1, 0.15) is 46.5 Å². The van der Waals surface area contributed by atoms with Crippen molar-refractivity contribution in [1.82, 2.24) is 10.5 Å². The predicted octanol–water partition coefficient (Wildman–Crippen LogP) is 4.19. The van der Waals surface area contributed by atoms with E-state index in [1.807, 2.05) is 20.8 Å². The number of aryl methyl sites for hydroxylation is 2. The van der Waals surface area contributed by atoms with Crippen molar-refractivity contribution in [2.75, 3.05) is 13.2 Å². The number of halogens is 3. The maximum atomic E-state index is 12.5. The molecule has 0 aliphatic heterocycles. The lowest BCUT2D eigenvalue weighted by atomic mass is 9.97. The second-order valence-corrected chi connectivity index (χ2v) is 6.79. The van der Waals surface area contributed by atoms with Crippen LogP contribution in [0.3, 0.4) is 0 Å². The molecule has 0 aliphatic carbocycles. The third kappa shape index (κ3) is 5.43. The monoisotopic (exact) mass is 382 g/mol. The van der Waals surface area contributed by atoms with Crippen LogP contribution in [0.5, 0.6) is 0 Å². The van der Waals surface area contributed by atoms with Gasteiger partial charge in [0, 0.05) is 35.0 Å². The molecule has 0 saturated carbocycles. The molecule has 2 rings (SSSR count). The van der Waals surface area contributed by atoms with Crippen LogP contribution in [0.4, 0.5) is 13.2 Å². The standard InChI is InChI=1S/C20H25F3N2O2/c1-12(18-15(4)25-14(3)13(2)19(18)26)11-24-27-10-9-16-5-7-17(8-6-16)20(21,22)23/h5-8,12,24H,9-11H2,1-4H3,(H,25,26). The molecule has 1 heterocycles. The number of benzene rings is 1. The van der Waals surface area contributed by atoms with Crippen LogP contribution < -0.4 is 10.9 Å². The van der Waals surface area contributed by atoms with Crippen LogP contribution in [-0.2, 0) is 17.4 Å².